The van der Waals surface area contributed by atoms with Crippen LogP contribution in [-0.2, 0) is 22.9 Å². The number of nitrogens with zero attached hydrogens (tertiary/aromatic N) is 1. The first-order chi connectivity index (χ1) is 14.2. The first-order valence-electron chi connectivity index (χ1n) is 9.65. The highest BCUT2D eigenvalue weighted by Gasteiger charge is 2.70. The third kappa shape index (κ3) is 3.54. The van der Waals surface area contributed by atoms with Gasteiger partial charge in [0.25, 0.3) is 0 Å². The number of alkyl halides is 3. The SMILES string of the molecule is O=C(OCc1ccccc1)N1CCC2(c3ccc(C(F)(F)F)c(Cl)c3)CC2(CO)C1. The zero-order valence-electron chi connectivity index (χ0n) is 16.1. The molecule has 2 aromatic carbocycles. The zero-order chi connectivity index (χ0) is 21.6. The molecule has 160 valence electrons. The molecule has 1 amide bonds. The Morgan fingerprint density at radius 2 is 1.93 bits per heavy atom. The van der Waals surface area contributed by atoms with Crippen LogP contribution in [0, 0.1) is 5.41 Å². The molecule has 0 aromatic heterocycles. The van der Waals surface area contributed by atoms with Gasteiger partial charge in [-0.05, 0) is 36.1 Å². The van der Waals surface area contributed by atoms with Crippen molar-refractivity contribution in [1.29, 1.82) is 0 Å². The monoisotopic (exact) mass is 439 g/mol. The molecular weight excluding hydrogens is 419 g/mol. The fraction of sp³-hybridized carbons (Fsp3) is 0.409. The second kappa shape index (κ2) is 7.46. The van der Waals surface area contributed by atoms with E-state index in [1.807, 2.05) is 30.3 Å². The van der Waals surface area contributed by atoms with Gasteiger partial charge in [0.15, 0.2) is 0 Å². The van der Waals surface area contributed by atoms with Crippen LogP contribution in [0.1, 0.15) is 29.5 Å². The molecule has 0 spiro atoms. The quantitative estimate of drug-likeness (QED) is 0.727. The molecule has 2 atom stereocenters. The fourth-order valence-electron chi connectivity index (χ4n) is 4.68. The number of fused-ring (bicyclic) bond motifs is 1. The van der Waals surface area contributed by atoms with Crippen molar-refractivity contribution >= 4 is 17.7 Å². The van der Waals surface area contributed by atoms with E-state index >= 15 is 0 Å². The lowest BCUT2D eigenvalue weighted by atomic mass is 9.80. The lowest BCUT2D eigenvalue weighted by Crippen LogP contribution is -2.46. The minimum atomic E-state index is -4.52. The Hall–Kier alpha value is -2.25. The molecule has 0 radical (unpaired) electrons. The summed E-state index contributed by atoms with van der Waals surface area (Å²) in [5.41, 5.74) is -0.403. The van der Waals surface area contributed by atoms with Gasteiger partial charge in [-0.1, -0.05) is 48.0 Å². The third-order valence-electron chi connectivity index (χ3n) is 6.43. The summed E-state index contributed by atoms with van der Waals surface area (Å²) in [6.07, 6.45) is -3.87. The van der Waals surface area contributed by atoms with Crippen molar-refractivity contribution in [3.63, 3.8) is 0 Å². The number of aliphatic hydroxyl groups is 1. The minimum absolute atomic E-state index is 0.155. The Kier molecular flexibility index (Phi) is 5.22. The molecule has 2 fully saturated rings. The van der Waals surface area contributed by atoms with Gasteiger partial charge in [-0.3, -0.25) is 0 Å². The zero-order valence-corrected chi connectivity index (χ0v) is 16.8. The van der Waals surface area contributed by atoms with Crippen molar-refractivity contribution in [2.45, 2.75) is 31.0 Å². The number of aliphatic hydroxyl groups excluding tert-OH is 1. The van der Waals surface area contributed by atoms with Crippen molar-refractivity contribution in [2.24, 2.45) is 5.41 Å². The summed E-state index contributed by atoms with van der Waals surface area (Å²) in [4.78, 5) is 14.1. The largest absolute Gasteiger partial charge is 0.445 e. The lowest BCUT2D eigenvalue weighted by Gasteiger charge is -2.37. The maximum atomic E-state index is 13.0. The van der Waals surface area contributed by atoms with E-state index in [-0.39, 0.29) is 24.8 Å². The van der Waals surface area contributed by atoms with Gasteiger partial charge in [0.2, 0.25) is 0 Å². The van der Waals surface area contributed by atoms with Crippen molar-refractivity contribution in [3.8, 4) is 0 Å². The highest BCUT2D eigenvalue weighted by atomic mass is 35.5. The molecule has 1 saturated carbocycles. The molecule has 2 aliphatic rings. The second-order valence-electron chi connectivity index (χ2n) is 8.10. The Balaban J connectivity index is 1.48. The molecule has 1 aliphatic carbocycles. The third-order valence-corrected chi connectivity index (χ3v) is 6.74. The number of likely N-dealkylation sites (tertiary alicyclic amines) is 1. The molecule has 30 heavy (non-hydrogen) atoms. The summed E-state index contributed by atoms with van der Waals surface area (Å²) in [7, 11) is 0. The summed E-state index contributed by atoms with van der Waals surface area (Å²) in [5, 5.41) is 9.74. The normalized spacial score (nSPS) is 25.6. The van der Waals surface area contributed by atoms with E-state index in [2.05, 4.69) is 0 Å². The molecule has 8 heteroatoms. The maximum absolute atomic E-state index is 13.0. The number of hydrogen-bond donors (Lipinski definition) is 1. The van der Waals surface area contributed by atoms with Crippen LogP contribution in [0.25, 0.3) is 0 Å². The van der Waals surface area contributed by atoms with Gasteiger partial charge >= 0.3 is 12.3 Å². The number of piperidine rings is 1. The minimum Gasteiger partial charge on any atom is -0.445 e. The van der Waals surface area contributed by atoms with E-state index in [0.29, 0.717) is 24.9 Å². The molecule has 0 bridgehead atoms. The van der Waals surface area contributed by atoms with E-state index in [9.17, 15) is 23.1 Å². The van der Waals surface area contributed by atoms with Gasteiger partial charge in [-0.15, -0.1) is 0 Å². The fourth-order valence-corrected chi connectivity index (χ4v) is 4.97. The number of amides is 1. The van der Waals surface area contributed by atoms with Crippen LogP contribution in [-0.4, -0.2) is 35.8 Å². The van der Waals surface area contributed by atoms with Crippen LogP contribution in [0.5, 0.6) is 0 Å². The predicted molar refractivity (Wildman–Crippen MR) is 105 cm³/mol. The van der Waals surface area contributed by atoms with E-state index in [4.69, 9.17) is 16.3 Å². The van der Waals surface area contributed by atoms with Crippen LogP contribution in [0.4, 0.5) is 18.0 Å². The average Bonchev–Trinajstić information content (AvgIpc) is 3.42. The standard InChI is InChI=1S/C22H21ClF3NO3/c23-18-10-16(6-7-17(18)22(24,25)26)21-8-9-27(13-20(21,12-21)14-28)19(29)30-11-15-4-2-1-3-5-15/h1-7,10,28H,8-9,11-14H2. The highest BCUT2D eigenvalue weighted by Crippen LogP contribution is 2.68. The summed E-state index contributed by atoms with van der Waals surface area (Å²) >= 11 is 5.91. The van der Waals surface area contributed by atoms with Crippen LogP contribution in [0.15, 0.2) is 48.5 Å². The number of rotatable bonds is 4. The van der Waals surface area contributed by atoms with E-state index in [1.54, 1.807) is 4.90 Å². The van der Waals surface area contributed by atoms with Crippen molar-refractivity contribution in [3.05, 3.63) is 70.2 Å². The summed E-state index contributed by atoms with van der Waals surface area (Å²) in [6.45, 7) is 0.667. The van der Waals surface area contributed by atoms with E-state index < -0.39 is 28.7 Å². The van der Waals surface area contributed by atoms with E-state index in [1.165, 1.54) is 12.1 Å². The summed E-state index contributed by atoms with van der Waals surface area (Å²) < 4.78 is 44.5. The highest BCUT2D eigenvalue weighted by molar-refractivity contribution is 6.31. The van der Waals surface area contributed by atoms with Gasteiger partial charge in [-0.2, -0.15) is 13.2 Å². The van der Waals surface area contributed by atoms with Gasteiger partial charge in [0.1, 0.15) is 6.61 Å². The molecule has 4 nitrogen and oxygen atoms in total. The average molecular weight is 440 g/mol. The number of hydrogen-bond acceptors (Lipinski definition) is 3. The molecule has 2 aromatic rings. The van der Waals surface area contributed by atoms with Crippen molar-refractivity contribution < 1.29 is 27.8 Å². The number of carbonyl (C=O) groups excluding carboxylic acids is 1. The van der Waals surface area contributed by atoms with Gasteiger partial charge in [0, 0.05) is 23.9 Å². The number of halogens is 4. The molecule has 2 unspecified atom stereocenters. The number of ether oxygens (including phenoxy) is 1. The summed E-state index contributed by atoms with van der Waals surface area (Å²) in [5.74, 6) is 0. The first kappa shape index (κ1) is 21.0. The lowest BCUT2D eigenvalue weighted by molar-refractivity contribution is -0.137. The van der Waals surface area contributed by atoms with Gasteiger partial charge in [0.05, 0.1) is 17.2 Å². The molecule has 1 N–H and O–H groups in total. The van der Waals surface area contributed by atoms with Crippen LogP contribution >= 0.6 is 11.6 Å². The van der Waals surface area contributed by atoms with E-state index in [0.717, 1.165) is 11.6 Å². The van der Waals surface area contributed by atoms with Crippen molar-refractivity contribution in [1.82, 2.24) is 4.90 Å². The Morgan fingerprint density at radius 1 is 1.20 bits per heavy atom. The molecule has 1 aliphatic heterocycles. The molecule has 4 rings (SSSR count). The van der Waals surface area contributed by atoms with Crippen molar-refractivity contribution in [2.75, 3.05) is 19.7 Å². The number of carbonyl (C=O) groups is 1. The Bertz CT molecular complexity index is 952. The molecular formula is C22H21ClF3NO3. The predicted octanol–water partition coefficient (Wildman–Crippen LogP) is 5.02. The van der Waals surface area contributed by atoms with Crippen LogP contribution in [0.2, 0.25) is 5.02 Å². The van der Waals surface area contributed by atoms with Crippen LogP contribution < -0.4 is 0 Å². The smallest absolute Gasteiger partial charge is 0.417 e. The maximum Gasteiger partial charge on any atom is 0.417 e. The number of benzene rings is 2. The molecule has 1 saturated heterocycles. The first-order valence-corrected chi connectivity index (χ1v) is 10.0. The summed E-state index contributed by atoms with van der Waals surface area (Å²) in [6, 6.07) is 13.1. The van der Waals surface area contributed by atoms with Gasteiger partial charge < -0.3 is 14.7 Å². The molecule has 1 heterocycles. The van der Waals surface area contributed by atoms with Crippen LogP contribution in [0.3, 0.4) is 0 Å². The van der Waals surface area contributed by atoms with Gasteiger partial charge in [-0.25, -0.2) is 4.79 Å². The topological polar surface area (TPSA) is 49.8 Å². The Labute approximate surface area is 177 Å². The second-order valence-corrected chi connectivity index (χ2v) is 8.51. The Morgan fingerprint density at radius 3 is 2.57 bits per heavy atom.